The lowest BCUT2D eigenvalue weighted by Crippen LogP contribution is -2.35. The highest BCUT2D eigenvalue weighted by Gasteiger charge is 2.17. The monoisotopic (exact) mass is 260 g/mol. The highest BCUT2D eigenvalue weighted by Crippen LogP contribution is 2.20. The van der Waals surface area contributed by atoms with Crippen molar-refractivity contribution in [2.45, 2.75) is 38.1 Å². The number of hydrogen-bond donors (Lipinski definition) is 1. The maximum atomic E-state index is 11.5. The van der Waals surface area contributed by atoms with E-state index in [1.165, 1.54) is 24.0 Å². The molecule has 104 valence electrons. The molecule has 1 unspecified atom stereocenters. The van der Waals surface area contributed by atoms with Crippen molar-refractivity contribution >= 4 is 5.91 Å². The fourth-order valence-electron chi connectivity index (χ4n) is 2.64. The molecular weight excluding hydrogens is 236 g/mol. The van der Waals surface area contributed by atoms with Crippen LogP contribution in [0.5, 0.6) is 0 Å². The summed E-state index contributed by atoms with van der Waals surface area (Å²) in [7, 11) is 3.63. The molecule has 1 amide bonds. The minimum atomic E-state index is 0.218. The van der Waals surface area contributed by atoms with E-state index in [-0.39, 0.29) is 5.91 Å². The van der Waals surface area contributed by atoms with Gasteiger partial charge in [0.25, 0.3) is 0 Å². The first-order valence-electron chi connectivity index (χ1n) is 7.17. The van der Waals surface area contributed by atoms with Gasteiger partial charge in [0.1, 0.15) is 0 Å². The Hall–Kier alpha value is -1.35. The molecule has 0 fully saturated rings. The van der Waals surface area contributed by atoms with Gasteiger partial charge >= 0.3 is 0 Å². The van der Waals surface area contributed by atoms with E-state index in [4.69, 9.17) is 0 Å². The van der Waals surface area contributed by atoms with Crippen LogP contribution in [0.1, 0.15) is 30.4 Å². The van der Waals surface area contributed by atoms with Crippen molar-refractivity contribution in [3.05, 3.63) is 35.4 Å². The Morgan fingerprint density at radius 3 is 2.79 bits per heavy atom. The molecule has 3 nitrogen and oxygen atoms in total. The molecule has 1 aliphatic rings. The number of nitrogens with zero attached hydrogens (tertiary/aromatic N) is 1. The maximum absolute atomic E-state index is 11.5. The van der Waals surface area contributed by atoms with Gasteiger partial charge in [0.15, 0.2) is 0 Å². The number of carbonyl (C=O) groups excluding carboxylic acids is 1. The third-order valence-corrected chi connectivity index (χ3v) is 3.85. The Bertz CT molecular complexity index is 429. The number of fused-ring (bicyclic) bond motifs is 1. The lowest BCUT2D eigenvalue weighted by molar-refractivity contribution is -0.128. The van der Waals surface area contributed by atoms with Gasteiger partial charge in [-0.25, -0.2) is 0 Å². The topological polar surface area (TPSA) is 32.3 Å². The molecule has 3 heteroatoms. The normalized spacial score (nSPS) is 17.9. The van der Waals surface area contributed by atoms with Gasteiger partial charge in [0.2, 0.25) is 5.91 Å². The molecule has 2 rings (SSSR count). The summed E-state index contributed by atoms with van der Waals surface area (Å²) >= 11 is 0. The van der Waals surface area contributed by atoms with E-state index in [2.05, 4.69) is 29.6 Å². The molecule has 0 heterocycles. The number of carbonyl (C=O) groups is 1. The molecular formula is C16H24N2O. The first-order valence-corrected chi connectivity index (χ1v) is 7.17. The van der Waals surface area contributed by atoms with Crippen molar-refractivity contribution in [1.82, 2.24) is 10.2 Å². The zero-order valence-corrected chi connectivity index (χ0v) is 12.0. The zero-order valence-electron chi connectivity index (χ0n) is 12.0. The average molecular weight is 260 g/mol. The van der Waals surface area contributed by atoms with Crippen molar-refractivity contribution in [2.75, 3.05) is 20.6 Å². The Kier molecular flexibility index (Phi) is 4.97. The summed E-state index contributed by atoms with van der Waals surface area (Å²) in [5, 5.41) is 3.59. The summed E-state index contributed by atoms with van der Waals surface area (Å²) in [6.45, 7) is 0.937. The van der Waals surface area contributed by atoms with Gasteiger partial charge < -0.3 is 10.2 Å². The predicted molar refractivity (Wildman–Crippen MR) is 78.2 cm³/mol. The number of amides is 1. The van der Waals surface area contributed by atoms with Crippen LogP contribution in [0.25, 0.3) is 0 Å². The molecule has 0 saturated carbocycles. The fourth-order valence-corrected chi connectivity index (χ4v) is 2.64. The molecule has 1 atom stereocenters. The number of hydrogen-bond acceptors (Lipinski definition) is 2. The minimum Gasteiger partial charge on any atom is -0.349 e. The molecule has 1 aromatic rings. The molecule has 0 saturated heterocycles. The van der Waals surface area contributed by atoms with Crippen LogP contribution in [0.15, 0.2) is 24.3 Å². The summed E-state index contributed by atoms with van der Waals surface area (Å²) in [5.41, 5.74) is 2.99. The molecule has 0 spiro atoms. The second-order valence-electron chi connectivity index (χ2n) is 5.55. The number of rotatable bonds is 5. The number of aryl methyl sites for hydroxylation is 1. The van der Waals surface area contributed by atoms with Crippen LogP contribution in [-0.2, 0) is 17.6 Å². The van der Waals surface area contributed by atoms with Crippen LogP contribution < -0.4 is 5.32 Å². The average Bonchev–Trinajstić information content (AvgIpc) is 2.43. The largest absolute Gasteiger partial charge is 0.349 e. The molecule has 0 radical (unpaired) electrons. The second kappa shape index (κ2) is 6.71. The molecule has 1 aliphatic carbocycles. The van der Waals surface area contributed by atoms with E-state index in [1.54, 1.807) is 4.90 Å². The smallest absolute Gasteiger partial charge is 0.222 e. The van der Waals surface area contributed by atoms with Crippen LogP contribution in [0.2, 0.25) is 0 Å². The Labute approximate surface area is 116 Å². The highest BCUT2D eigenvalue weighted by molar-refractivity contribution is 5.75. The Morgan fingerprint density at radius 2 is 2.05 bits per heavy atom. The van der Waals surface area contributed by atoms with Gasteiger partial charge in [-0.05, 0) is 43.4 Å². The highest BCUT2D eigenvalue weighted by atomic mass is 16.2. The lowest BCUT2D eigenvalue weighted by Gasteiger charge is -2.25. The summed E-state index contributed by atoms with van der Waals surface area (Å²) < 4.78 is 0. The second-order valence-corrected chi connectivity index (χ2v) is 5.55. The third-order valence-electron chi connectivity index (χ3n) is 3.85. The van der Waals surface area contributed by atoms with Gasteiger partial charge in [-0.3, -0.25) is 4.79 Å². The third kappa shape index (κ3) is 4.06. The minimum absolute atomic E-state index is 0.218. The first-order chi connectivity index (χ1) is 9.16. The number of nitrogens with one attached hydrogen (secondary N) is 1. The Morgan fingerprint density at radius 1 is 1.32 bits per heavy atom. The molecule has 0 aliphatic heterocycles. The van der Waals surface area contributed by atoms with Crippen LogP contribution in [0.3, 0.4) is 0 Å². The maximum Gasteiger partial charge on any atom is 0.222 e. The molecule has 19 heavy (non-hydrogen) atoms. The van der Waals surface area contributed by atoms with Crippen molar-refractivity contribution in [3.8, 4) is 0 Å². The van der Waals surface area contributed by atoms with E-state index >= 15 is 0 Å². The molecule has 1 aromatic carbocycles. The summed E-state index contributed by atoms with van der Waals surface area (Å²) in [4.78, 5) is 13.1. The van der Waals surface area contributed by atoms with Crippen LogP contribution >= 0.6 is 0 Å². The van der Waals surface area contributed by atoms with E-state index in [0.29, 0.717) is 12.5 Å². The summed E-state index contributed by atoms with van der Waals surface area (Å²) in [6, 6.07) is 9.29. The van der Waals surface area contributed by atoms with Gasteiger partial charge in [0.05, 0.1) is 0 Å². The van der Waals surface area contributed by atoms with Gasteiger partial charge in [0, 0.05) is 26.6 Å². The van der Waals surface area contributed by atoms with Crippen LogP contribution in [0.4, 0.5) is 0 Å². The lowest BCUT2D eigenvalue weighted by atomic mass is 9.88. The molecule has 0 aromatic heterocycles. The van der Waals surface area contributed by atoms with Gasteiger partial charge in [-0.2, -0.15) is 0 Å². The zero-order chi connectivity index (χ0) is 13.7. The van der Waals surface area contributed by atoms with Crippen molar-refractivity contribution in [2.24, 2.45) is 0 Å². The molecule has 0 bridgehead atoms. The molecule has 1 N–H and O–H groups in total. The number of benzene rings is 1. The fraction of sp³-hybridized carbons (Fsp3) is 0.562. The van der Waals surface area contributed by atoms with Crippen molar-refractivity contribution in [1.29, 1.82) is 0 Å². The summed E-state index contributed by atoms with van der Waals surface area (Å²) in [5.74, 6) is 0.218. The van der Waals surface area contributed by atoms with Crippen molar-refractivity contribution < 1.29 is 4.79 Å². The van der Waals surface area contributed by atoms with Gasteiger partial charge in [-0.15, -0.1) is 0 Å². The quantitative estimate of drug-likeness (QED) is 0.821. The first kappa shape index (κ1) is 14.1. The van der Waals surface area contributed by atoms with Crippen LogP contribution in [0, 0.1) is 0 Å². The van der Waals surface area contributed by atoms with Crippen LogP contribution in [-0.4, -0.2) is 37.5 Å². The predicted octanol–water partition coefficient (Wildman–Crippen LogP) is 2.00. The van der Waals surface area contributed by atoms with E-state index in [1.807, 2.05) is 14.1 Å². The van der Waals surface area contributed by atoms with Crippen molar-refractivity contribution in [3.63, 3.8) is 0 Å². The van der Waals surface area contributed by atoms with E-state index in [0.717, 1.165) is 19.4 Å². The summed E-state index contributed by atoms with van der Waals surface area (Å²) in [6.07, 6.45) is 5.07. The van der Waals surface area contributed by atoms with Gasteiger partial charge in [-0.1, -0.05) is 24.3 Å². The van der Waals surface area contributed by atoms with E-state index < -0.39 is 0 Å². The Balaban J connectivity index is 1.70. The SMILES string of the molecule is CN(C)C(=O)CCCNC1CCc2ccccc2C1. The van der Waals surface area contributed by atoms with E-state index in [9.17, 15) is 4.79 Å². The standard InChI is InChI=1S/C16H24N2O/c1-18(2)16(19)8-5-11-17-15-10-9-13-6-3-4-7-14(13)12-15/h3-4,6-7,15,17H,5,8-12H2,1-2H3.